The molecule has 2 aromatic carbocycles. The van der Waals surface area contributed by atoms with E-state index >= 15 is 0 Å². The molecular formula is C17H14Cl2N4O2. The van der Waals surface area contributed by atoms with E-state index in [0.717, 1.165) is 16.6 Å². The average molecular weight is 377 g/mol. The van der Waals surface area contributed by atoms with E-state index in [-0.39, 0.29) is 16.3 Å². The normalized spacial score (nSPS) is 11.4. The van der Waals surface area contributed by atoms with Crippen LogP contribution in [0.1, 0.15) is 15.9 Å². The number of fused-ring (bicyclic) bond motifs is 1. The van der Waals surface area contributed by atoms with E-state index < -0.39 is 5.91 Å². The Balaban J connectivity index is 1.80. The minimum atomic E-state index is -0.439. The number of aromatic nitrogens is 2. The number of hydrazone groups is 1. The van der Waals surface area contributed by atoms with Crippen molar-refractivity contribution in [2.24, 2.45) is 19.2 Å². The van der Waals surface area contributed by atoms with Gasteiger partial charge in [-0.05, 0) is 35.9 Å². The van der Waals surface area contributed by atoms with Gasteiger partial charge in [0.15, 0.2) is 0 Å². The summed E-state index contributed by atoms with van der Waals surface area (Å²) in [5, 5.41) is 4.64. The van der Waals surface area contributed by atoms with Crippen molar-refractivity contribution >= 4 is 46.4 Å². The molecule has 1 aromatic heterocycles. The first-order chi connectivity index (χ1) is 11.9. The maximum Gasteiger partial charge on any atom is 0.328 e. The fourth-order valence-corrected chi connectivity index (χ4v) is 3.00. The van der Waals surface area contributed by atoms with E-state index in [1.165, 1.54) is 18.3 Å². The van der Waals surface area contributed by atoms with E-state index in [1.54, 1.807) is 29.3 Å². The summed E-state index contributed by atoms with van der Waals surface area (Å²) >= 11 is 11.8. The summed E-state index contributed by atoms with van der Waals surface area (Å²) < 4.78 is 3.12. The highest BCUT2D eigenvalue weighted by Crippen LogP contribution is 2.20. The minimum absolute atomic E-state index is 0.102. The van der Waals surface area contributed by atoms with Crippen molar-refractivity contribution in [1.82, 2.24) is 14.6 Å². The molecule has 3 rings (SSSR count). The third-order valence-corrected chi connectivity index (χ3v) is 4.40. The fraction of sp³-hybridized carbons (Fsp3) is 0.118. The minimum Gasteiger partial charge on any atom is -0.295 e. The van der Waals surface area contributed by atoms with Gasteiger partial charge in [-0.3, -0.25) is 13.9 Å². The Morgan fingerprint density at radius 1 is 1.08 bits per heavy atom. The smallest absolute Gasteiger partial charge is 0.295 e. The molecule has 1 heterocycles. The Bertz CT molecular complexity index is 1070. The molecule has 8 heteroatoms. The molecule has 0 fully saturated rings. The number of nitrogens with one attached hydrogen (secondary N) is 1. The van der Waals surface area contributed by atoms with Gasteiger partial charge in [0, 0.05) is 19.1 Å². The Morgan fingerprint density at radius 2 is 1.80 bits per heavy atom. The quantitative estimate of drug-likeness (QED) is 0.563. The van der Waals surface area contributed by atoms with Crippen LogP contribution in [0, 0.1) is 0 Å². The first-order valence-electron chi connectivity index (χ1n) is 7.32. The number of rotatable bonds is 3. The topological polar surface area (TPSA) is 68.4 Å². The van der Waals surface area contributed by atoms with Crippen molar-refractivity contribution in [3.05, 3.63) is 68.1 Å². The summed E-state index contributed by atoms with van der Waals surface area (Å²) in [6, 6.07) is 10.1. The van der Waals surface area contributed by atoms with Crippen LogP contribution in [0.2, 0.25) is 10.0 Å². The van der Waals surface area contributed by atoms with Gasteiger partial charge < -0.3 is 0 Å². The van der Waals surface area contributed by atoms with E-state index in [1.807, 2.05) is 18.2 Å². The van der Waals surface area contributed by atoms with Gasteiger partial charge in [0.05, 0.1) is 27.8 Å². The van der Waals surface area contributed by atoms with Crippen LogP contribution < -0.4 is 11.1 Å². The Labute approximate surface area is 153 Å². The summed E-state index contributed by atoms with van der Waals surface area (Å²) in [6.45, 7) is 0. The number of carbonyl (C=O) groups is 1. The fourth-order valence-electron chi connectivity index (χ4n) is 2.50. The zero-order valence-electron chi connectivity index (χ0n) is 13.5. The number of benzene rings is 2. The van der Waals surface area contributed by atoms with Gasteiger partial charge in [0.1, 0.15) is 0 Å². The summed E-state index contributed by atoms with van der Waals surface area (Å²) in [5.74, 6) is -0.439. The van der Waals surface area contributed by atoms with E-state index in [4.69, 9.17) is 23.2 Å². The predicted molar refractivity (Wildman–Crippen MR) is 99.7 cm³/mol. The second-order valence-corrected chi connectivity index (χ2v) is 6.32. The van der Waals surface area contributed by atoms with Gasteiger partial charge in [-0.25, -0.2) is 10.2 Å². The Kier molecular flexibility index (Phi) is 4.65. The maximum absolute atomic E-state index is 12.1. The molecule has 0 bridgehead atoms. The summed E-state index contributed by atoms with van der Waals surface area (Å²) in [4.78, 5) is 24.0. The molecule has 0 aliphatic rings. The highest BCUT2D eigenvalue weighted by atomic mass is 35.5. The van der Waals surface area contributed by atoms with Crippen LogP contribution in [0.4, 0.5) is 0 Å². The molecule has 0 aliphatic heterocycles. The van der Waals surface area contributed by atoms with Gasteiger partial charge >= 0.3 is 5.69 Å². The van der Waals surface area contributed by atoms with Crippen molar-refractivity contribution in [2.45, 2.75) is 0 Å². The second-order valence-electron chi connectivity index (χ2n) is 5.47. The number of nitrogens with zero attached hydrogens (tertiary/aromatic N) is 3. The molecule has 0 spiro atoms. The van der Waals surface area contributed by atoms with Crippen LogP contribution >= 0.6 is 23.2 Å². The molecule has 0 unspecified atom stereocenters. The largest absolute Gasteiger partial charge is 0.328 e. The zero-order valence-corrected chi connectivity index (χ0v) is 15.0. The first kappa shape index (κ1) is 17.3. The van der Waals surface area contributed by atoms with Gasteiger partial charge in [0.2, 0.25) is 0 Å². The zero-order chi connectivity index (χ0) is 18.1. The maximum atomic E-state index is 12.1. The van der Waals surface area contributed by atoms with Gasteiger partial charge in [0.25, 0.3) is 5.91 Å². The van der Waals surface area contributed by atoms with E-state index in [9.17, 15) is 9.59 Å². The number of hydrogen-bond donors (Lipinski definition) is 1. The lowest BCUT2D eigenvalue weighted by Gasteiger charge is -2.03. The number of halogens is 2. The molecule has 0 radical (unpaired) electrons. The van der Waals surface area contributed by atoms with Crippen molar-refractivity contribution in [2.75, 3.05) is 0 Å². The number of imidazole rings is 1. The highest BCUT2D eigenvalue weighted by molar-refractivity contribution is 6.36. The van der Waals surface area contributed by atoms with Crippen molar-refractivity contribution in [3.63, 3.8) is 0 Å². The second kappa shape index (κ2) is 6.74. The lowest BCUT2D eigenvalue weighted by molar-refractivity contribution is 0.0955. The molecule has 25 heavy (non-hydrogen) atoms. The van der Waals surface area contributed by atoms with Crippen LogP contribution in [0.15, 0.2) is 46.3 Å². The molecule has 0 atom stereocenters. The Morgan fingerprint density at radius 3 is 2.52 bits per heavy atom. The average Bonchev–Trinajstić information content (AvgIpc) is 2.79. The van der Waals surface area contributed by atoms with Crippen LogP contribution in [0.25, 0.3) is 11.0 Å². The molecule has 1 amide bonds. The van der Waals surface area contributed by atoms with Gasteiger partial charge in [-0.1, -0.05) is 29.3 Å². The predicted octanol–water partition coefficient (Wildman–Crippen LogP) is 2.95. The lowest BCUT2D eigenvalue weighted by atomic mass is 10.2. The molecule has 3 aromatic rings. The van der Waals surface area contributed by atoms with Crippen molar-refractivity contribution in [3.8, 4) is 0 Å². The van der Waals surface area contributed by atoms with Crippen LogP contribution in [0.3, 0.4) is 0 Å². The lowest BCUT2D eigenvalue weighted by Crippen LogP contribution is -2.19. The molecule has 6 nitrogen and oxygen atoms in total. The SMILES string of the molecule is Cn1c(=O)n(C)c2cc(/C=N/NC(=O)c3ccc(Cl)cc3Cl)ccc21. The van der Waals surface area contributed by atoms with Gasteiger partial charge in [-0.2, -0.15) is 5.10 Å². The highest BCUT2D eigenvalue weighted by Gasteiger charge is 2.10. The summed E-state index contributed by atoms with van der Waals surface area (Å²) in [6.07, 6.45) is 1.50. The standard InChI is InChI=1S/C17H14Cl2N4O2/c1-22-14-6-3-10(7-15(14)23(2)17(22)25)9-20-21-16(24)12-5-4-11(18)8-13(12)19/h3-9H,1-2H3,(H,21,24)/b20-9+. The molecule has 128 valence electrons. The summed E-state index contributed by atoms with van der Waals surface area (Å²) in [5.41, 5.74) is 4.94. The number of aryl methyl sites for hydroxylation is 2. The van der Waals surface area contributed by atoms with Gasteiger partial charge in [-0.15, -0.1) is 0 Å². The molecular weight excluding hydrogens is 363 g/mol. The third-order valence-electron chi connectivity index (χ3n) is 3.85. The first-order valence-corrected chi connectivity index (χ1v) is 8.08. The number of amides is 1. The third kappa shape index (κ3) is 3.31. The van der Waals surface area contributed by atoms with E-state index in [2.05, 4.69) is 10.5 Å². The van der Waals surface area contributed by atoms with Crippen molar-refractivity contribution in [1.29, 1.82) is 0 Å². The van der Waals surface area contributed by atoms with Crippen molar-refractivity contribution < 1.29 is 4.79 Å². The monoisotopic (exact) mass is 376 g/mol. The molecule has 1 N–H and O–H groups in total. The number of hydrogen-bond acceptors (Lipinski definition) is 3. The molecule has 0 aliphatic carbocycles. The van der Waals surface area contributed by atoms with Crippen LogP contribution in [0.5, 0.6) is 0 Å². The van der Waals surface area contributed by atoms with Crippen LogP contribution in [-0.2, 0) is 14.1 Å². The Hall–Kier alpha value is -2.57. The molecule has 0 saturated heterocycles. The molecule has 0 saturated carbocycles. The van der Waals surface area contributed by atoms with E-state index in [0.29, 0.717) is 5.02 Å². The van der Waals surface area contributed by atoms with Crippen LogP contribution in [-0.4, -0.2) is 21.3 Å². The summed E-state index contributed by atoms with van der Waals surface area (Å²) in [7, 11) is 3.42. The number of carbonyl (C=O) groups excluding carboxylic acids is 1.